The van der Waals surface area contributed by atoms with Crippen LogP contribution >= 0.6 is 23.7 Å². The summed E-state index contributed by atoms with van der Waals surface area (Å²) < 4.78 is 5.69. The maximum atomic E-state index is 12.3. The lowest BCUT2D eigenvalue weighted by molar-refractivity contribution is -0.0290. The Kier molecular flexibility index (Phi) is 5.61. The molecule has 3 fully saturated rings. The van der Waals surface area contributed by atoms with Crippen molar-refractivity contribution in [2.24, 2.45) is 5.92 Å². The molecule has 3 saturated heterocycles. The average molecular weight is 380 g/mol. The highest BCUT2D eigenvalue weighted by molar-refractivity contribution is 7.13. The lowest BCUT2D eigenvalue weighted by Gasteiger charge is -2.43. The molecule has 1 aromatic heterocycles. The number of carbonyl (C=O) groups is 1. The van der Waals surface area contributed by atoms with Gasteiger partial charge in [-0.25, -0.2) is 9.78 Å². The molecule has 1 N–H and O–H groups in total. The van der Waals surface area contributed by atoms with Gasteiger partial charge in [-0.05, 0) is 49.9 Å². The number of hydrogen-bond donors (Lipinski definition) is 1. The summed E-state index contributed by atoms with van der Waals surface area (Å²) in [5.41, 5.74) is 4.01. The minimum atomic E-state index is -0.394. The van der Waals surface area contributed by atoms with Gasteiger partial charge >= 0.3 is 6.09 Å². The minimum absolute atomic E-state index is 0. The van der Waals surface area contributed by atoms with Gasteiger partial charge in [0.15, 0.2) is 5.82 Å². The highest BCUT2D eigenvalue weighted by Gasteiger charge is 2.36. The number of carbonyl (C=O) groups excluding carboxylic acids is 1. The lowest BCUT2D eigenvalue weighted by Crippen LogP contribution is -2.52. The summed E-state index contributed by atoms with van der Waals surface area (Å²) in [5, 5.41) is 2.84. The van der Waals surface area contributed by atoms with Crippen LogP contribution in [-0.4, -0.2) is 41.7 Å². The summed E-state index contributed by atoms with van der Waals surface area (Å²) in [4.78, 5) is 20.0. The number of thiazole rings is 1. The fraction of sp³-hybridized carbons (Fsp3) is 0.444. The van der Waals surface area contributed by atoms with Crippen LogP contribution in [0.4, 0.5) is 10.6 Å². The molecule has 5 rings (SSSR count). The molecule has 2 aromatic rings. The van der Waals surface area contributed by atoms with Gasteiger partial charge in [0.05, 0.1) is 10.4 Å². The monoisotopic (exact) mass is 379 g/mol. The highest BCUT2D eigenvalue weighted by Crippen LogP contribution is 2.34. The number of hydrogen-bond acceptors (Lipinski definition) is 5. The van der Waals surface area contributed by atoms with Crippen molar-refractivity contribution in [2.75, 3.05) is 25.0 Å². The molecule has 0 aliphatic carbocycles. The molecule has 0 spiro atoms. The molecular weight excluding hydrogens is 358 g/mol. The van der Waals surface area contributed by atoms with Crippen LogP contribution < -0.4 is 5.32 Å². The Morgan fingerprint density at radius 1 is 1.32 bits per heavy atom. The van der Waals surface area contributed by atoms with Crippen LogP contribution in [0.2, 0.25) is 0 Å². The summed E-state index contributed by atoms with van der Waals surface area (Å²) in [5.74, 6) is 1.09. The zero-order chi connectivity index (χ0) is 16.5. The van der Waals surface area contributed by atoms with Gasteiger partial charge in [-0.1, -0.05) is 24.3 Å². The van der Waals surface area contributed by atoms with Crippen LogP contribution in [0, 0.1) is 12.8 Å². The zero-order valence-corrected chi connectivity index (χ0v) is 15.7. The highest BCUT2D eigenvalue weighted by atomic mass is 35.5. The molecule has 5 nitrogen and oxygen atoms in total. The van der Waals surface area contributed by atoms with Crippen molar-refractivity contribution in [2.45, 2.75) is 25.9 Å². The summed E-state index contributed by atoms with van der Waals surface area (Å²) in [6, 6.07) is 8.11. The third-order valence-electron chi connectivity index (χ3n) is 5.03. The first-order valence-corrected chi connectivity index (χ1v) is 9.28. The normalized spacial score (nSPS) is 24.4. The first-order chi connectivity index (χ1) is 11.7. The second-order valence-corrected chi connectivity index (χ2v) is 7.41. The number of aromatic nitrogens is 1. The third kappa shape index (κ3) is 3.81. The van der Waals surface area contributed by atoms with Crippen molar-refractivity contribution < 1.29 is 9.53 Å². The number of piperidine rings is 3. The standard InChI is InChI=1S/C18H21N3O2S.ClH/c1-12-4-2-3-5-14(12)16-17(19-11-24-16)20-18(22)23-15-10-21-8-6-13(15)7-9-21;/h2-5,11,13,15H,6-10H2,1H3,(H,20,22);1H/t15-;/m0./s1. The van der Waals surface area contributed by atoms with E-state index in [2.05, 4.69) is 28.2 Å². The quantitative estimate of drug-likeness (QED) is 0.869. The van der Waals surface area contributed by atoms with Gasteiger partial charge in [-0.15, -0.1) is 23.7 Å². The first kappa shape index (κ1) is 18.2. The Balaban J connectivity index is 0.00000182. The number of fused-ring (bicyclic) bond motifs is 3. The second kappa shape index (κ2) is 7.72. The van der Waals surface area contributed by atoms with E-state index in [1.54, 1.807) is 5.51 Å². The van der Waals surface area contributed by atoms with E-state index in [4.69, 9.17) is 4.74 Å². The number of benzene rings is 1. The van der Waals surface area contributed by atoms with Crippen LogP contribution in [-0.2, 0) is 4.74 Å². The number of halogens is 1. The molecule has 25 heavy (non-hydrogen) atoms. The topological polar surface area (TPSA) is 54.5 Å². The van der Waals surface area contributed by atoms with Crippen molar-refractivity contribution >= 4 is 35.7 Å². The fourth-order valence-corrected chi connectivity index (χ4v) is 4.50. The minimum Gasteiger partial charge on any atom is -0.444 e. The van der Waals surface area contributed by atoms with E-state index in [9.17, 15) is 4.79 Å². The number of nitrogens with one attached hydrogen (secondary N) is 1. The summed E-state index contributed by atoms with van der Waals surface area (Å²) in [6.07, 6.45) is 1.87. The number of ether oxygens (including phenoxy) is 1. The zero-order valence-electron chi connectivity index (χ0n) is 14.1. The third-order valence-corrected chi connectivity index (χ3v) is 5.89. The van der Waals surface area contributed by atoms with Gasteiger partial charge in [-0.3, -0.25) is 10.2 Å². The molecule has 4 heterocycles. The van der Waals surface area contributed by atoms with Gasteiger partial charge in [0.1, 0.15) is 6.10 Å². The van der Waals surface area contributed by atoms with Gasteiger partial charge in [0.2, 0.25) is 0 Å². The molecular formula is C18H22ClN3O2S. The molecule has 1 atom stereocenters. The molecule has 1 aromatic carbocycles. The Morgan fingerprint density at radius 2 is 2.08 bits per heavy atom. The largest absolute Gasteiger partial charge is 0.444 e. The average Bonchev–Trinajstić information content (AvgIpc) is 3.04. The predicted octanol–water partition coefficient (Wildman–Crippen LogP) is 4.18. The van der Waals surface area contributed by atoms with Gasteiger partial charge in [-0.2, -0.15) is 0 Å². The van der Waals surface area contributed by atoms with E-state index in [0.717, 1.165) is 48.5 Å². The van der Waals surface area contributed by atoms with Gasteiger partial charge in [0.25, 0.3) is 0 Å². The maximum absolute atomic E-state index is 12.3. The number of rotatable bonds is 3. The van der Waals surface area contributed by atoms with Crippen molar-refractivity contribution in [3.63, 3.8) is 0 Å². The van der Waals surface area contributed by atoms with E-state index in [-0.39, 0.29) is 18.5 Å². The van der Waals surface area contributed by atoms with Crippen LogP contribution in [0.3, 0.4) is 0 Å². The first-order valence-electron chi connectivity index (χ1n) is 8.40. The number of aryl methyl sites for hydroxylation is 1. The summed E-state index contributed by atoms with van der Waals surface area (Å²) in [6.45, 7) is 5.19. The molecule has 2 bridgehead atoms. The fourth-order valence-electron chi connectivity index (χ4n) is 3.66. The van der Waals surface area contributed by atoms with E-state index in [0.29, 0.717) is 11.7 Å². The molecule has 3 aliphatic heterocycles. The van der Waals surface area contributed by atoms with Gasteiger partial charge < -0.3 is 4.74 Å². The molecule has 7 heteroatoms. The van der Waals surface area contributed by atoms with E-state index >= 15 is 0 Å². The molecule has 0 unspecified atom stereocenters. The van der Waals surface area contributed by atoms with E-state index in [1.807, 2.05) is 18.2 Å². The van der Waals surface area contributed by atoms with Crippen LogP contribution in [0.5, 0.6) is 0 Å². The van der Waals surface area contributed by atoms with Gasteiger partial charge in [0, 0.05) is 6.54 Å². The van der Waals surface area contributed by atoms with Crippen molar-refractivity contribution in [1.29, 1.82) is 0 Å². The Bertz CT molecular complexity index is 743. The smallest absolute Gasteiger partial charge is 0.413 e. The number of nitrogens with zero attached hydrogens (tertiary/aromatic N) is 2. The Morgan fingerprint density at radius 3 is 2.76 bits per heavy atom. The van der Waals surface area contributed by atoms with Crippen molar-refractivity contribution in [3.8, 4) is 10.4 Å². The molecule has 0 radical (unpaired) electrons. The van der Waals surface area contributed by atoms with Crippen molar-refractivity contribution in [1.82, 2.24) is 9.88 Å². The maximum Gasteiger partial charge on any atom is 0.413 e. The summed E-state index contributed by atoms with van der Waals surface area (Å²) >= 11 is 1.53. The van der Waals surface area contributed by atoms with E-state index < -0.39 is 6.09 Å². The Labute approximate surface area is 157 Å². The van der Waals surface area contributed by atoms with Crippen LogP contribution in [0.25, 0.3) is 10.4 Å². The molecule has 0 saturated carbocycles. The Hall–Kier alpha value is -1.63. The SMILES string of the molecule is Cc1ccccc1-c1scnc1NC(=O)O[C@H]1CN2CCC1CC2.Cl. The number of amides is 1. The number of anilines is 1. The molecule has 3 aliphatic rings. The molecule has 1 amide bonds. The van der Waals surface area contributed by atoms with Crippen molar-refractivity contribution in [3.05, 3.63) is 35.3 Å². The van der Waals surface area contributed by atoms with Crippen LogP contribution in [0.1, 0.15) is 18.4 Å². The molecule has 134 valence electrons. The van der Waals surface area contributed by atoms with Crippen LogP contribution in [0.15, 0.2) is 29.8 Å². The second-order valence-electron chi connectivity index (χ2n) is 6.55. The summed E-state index contributed by atoms with van der Waals surface area (Å²) in [7, 11) is 0. The lowest BCUT2D eigenvalue weighted by atomic mass is 9.86. The predicted molar refractivity (Wildman–Crippen MR) is 103 cm³/mol. The van der Waals surface area contributed by atoms with E-state index in [1.165, 1.54) is 11.3 Å².